The lowest BCUT2D eigenvalue weighted by atomic mass is 9.93. The van der Waals surface area contributed by atoms with Crippen molar-refractivity contribution in [2.75, 3.05) is 13.7 Å². The molecule has 2 heterocycles. The van der Waals surface area contributed by atoms with E-state index in [-0.39, 0.29) is 11.4 Å². The zero-order valence-electron chi connectivity index (χ0n) is 14.4. The van der Waals surface area contributed by atoms with Crippen molar-refractivity contribution in [3.8, 4) is 5.75 Å². The maximum absolute atomic E-state index is 12.3. The molecule has 24 heavy (non-hydrogen) atoms. The van der Waals surface area contributed by atoms with Gasteiger partial charge in [-0.2, -0.15) is 0 Å². The Balaban J connectivity index is 2.00. The Kier molecular flexibility index (Phi) is 4.45. The second-order valence-corrected chi connectivity index (χ2v) is 7.66. The van der Waals surface area contributed by atoms with Crippen molar-refractivity contribution < 1.29 is 14.3 Å². The molecule has 0 fully saturated rings. The first-order chi connectivity index (χ1) is 11.4. The smallest absolute Gasteiger partial charge is 0.340 e. The van der Waals surface area contributed by atoms with Crippen LogP contribution in [0.1, 0.15) is 42.6 Å². The van der Waals surface area contributed by atoms with Gasteiger partial charge < -0.3 is 9.47 Å². The van der Waals surface area contributed by atoms with Crippen molar-refractivity contribution in [2.45, 2.75) is 32.6 Å². The van der Waals surface area contributed by atoms with Crippen LogP contribution in [-0.4, -0.2) is 24.7 Å². The lowest BCUT2D eigenvalue weighted by Crippen LogP contribution is -2.12. The molecule has 3 rings (SSSR count). The Morgan fingerprint density at radius 2 is 2.17 bits per heavy atom. The molecule has 0 saturated heterocycles. The van der Waals surface area contributed by atoms with Gasteiger partial charge in [0.2, 0.25) is 0 Å². The van der Waals surface area contributed by atoms with E-state index in [1.54, 1.807) is 0 Å². The number of fused-ring (bicyclic) bond motifs is 1. The molecule has 0 unspecified atom stereocenters. The number of hydrogen-bond acceptors (Lipinski definition) is 5. The van der Waals surface area contributed by atoms with Crippen LogP contribution in [0.4, 0.5) is 0 Å². The number of nitrogens with zero attached hydrogens (tertiary/aromatic N) is 1. The fourth-order valence-electron chi connectivity index (χ4n) is 2.52. The predicted octanol–water partition coefficient (Wildman–Crippen LogP) is 4.09. The number of carbonyl (C=O) groups excluding carboxylic acids is 1. The highest BCUT2D eigenvalue weighted by Gasteiger charge is 2.22. The topological polar surface area (TPSA) is 48.4 Å². The third-order valence-electron chi connectivity index (χ3n) is 3.93. The molecule has 4 nitrogen and oxygen atoms in total. The Labute approximate surface area is 146 Å². The summed E-state index contributed by atoms with van der Waals surface area (Å²) < 4.78 is 10.5. The van der Waals surface area contributed by atoms with Gasteiger partial charge in [0.15, 0.2) is 0 Å². The molecule has 1 aromatic carbocycles. The third kappa shape index (κ3) is 3.36. The second kappa shape index (κ2) is 6.40. The minimum Gasteiger partial charge on any atom is -0.493 e. The van der Waals surface area contributed by atoms with Gasteiger partial charge in [-0.25, -0.2) is 9.78 Å². The summed E-state index contributed by atoms with van der Waals surface area (Å²) in [5.41, 5.74) is 3.52. The van der Waals surface area contributed by atoms with E-state index in [0.29, 0.717) is 17.2 Å². The number of benzene rings is 1. The molecule has 1 aliphatic heterocycles. The Morgan fingerprint density at radius 3 is 2.83 bits per heavy atom. The van der Waals surface area contributed by atoms with E-state index in [4.69, 9.17) is 9.47 Å². The Hall–Kier alpha value is -2.14. The molecule has 2 aromatic rings. The minimum absolute atomic E-state index is 0.0547. The maximum atomic E-state index is 12.3. The van der Waals surface area contributed by atoms with Crippen LogP contribution in [-0.2, 0) is 21.4 Å². The van der Waals surface area contributed by atoms with Crippen LogP contribution in [0.3, 0.4) is 0 Å². The summed E-state index contributed by atoms with van der Waals surface area (Å²) in [5.74, 6) is 0.553. The predicted molar refractivity (Wildman–Crippen MR) is 96.3 cm³/mol. The minimum atomic E-state index is -0.374. The highest BCUT2D eigenvalue weighted by molar-refractivity contribution is 7.11. The molecule has 1 aliphatic rings. The van der Waals surface area contributed by atoms with E-state index in [9.17, 15) is 4.79 Å². The van der Waals surface area contributed by atoms with Gasteiger partial charge in [0.25, 0.3) is 0 Å². The molecule has 5 heteroatoms. The van der Waals surface area contributed by atoms with Gasteiger partial charge in [-0.1, -0.05) is 26.8 Å². The van der Waals surface area contributed by atoms with Gasteiger partial charge in [0, 0.05) is 17.2 Å². The zero-order valence-corrected chi connectivity index (χ0v) is 15.2. The zero-order chi connectivity index (χ0) is 17.3. The summed E-state index contributed by atoms with van der Waals surface area (Å²) >= 11 is 1.47. The van der Waals surface area contributed by atoms with Gasteiger partial charge in [0.1, 0.15) is 10.8 Å². The lowest BCUT2D eigenvalue weighted by molar-refractivity contribution is -0.133. The molecule has 0 aliphatic carbocycles. The number of aromatic nitrogens is 1. The second-order valence-electron chi connectivity index (χ2n) is 6.80. The number of hydrogen-bond donors (Lipinski definition) is 0. The largest absolute Gasteiger partial charge is 0.493 e. The molecule has 126 valence electrons. The van der Waals surface area contributed by atoms with E-state index in [1.165, 1.54) is 24.0 Å². The molecular formula is C19H21NO3S. The normalized spacial score (nSPS) is 14.2. The summed E-state index contributed by atoms with van der Waals surface area (Å²) in [6.07, 6.45) is 2.74. The van der Waals surface area contributed by atoms with E-state index in [2.05, 4.69) is 31.8 Å². The van der Waals surface area contributed by atoms with Gasteiger partial charge in [-0.15, -0.1) is 11.3 Å². The summed E-state index contributed by atoms with van der Waals surface area (Å²) in [7, 11) is 1.39. The summed E-state index contributed by atoms with van der Waals surface area (Å²) in [6.45, 7) is 7.03. The van der Waals surface area contributed by atoms with Crippen molar-refractivity contribution in [3.63, 3.8) is 0 Å². The van der Waals surface area contributed by atoms with E-state index in [0.717, 1.165) is 23.4 Å². The lowest BCUT2D eigenvalue weighted by Gasteiger charge is -2.14. The third-order valence-corrected chi connectivity index (χ3v) is 4.81. The standard InChI is InChI=1S/C19H21NO3S/c1-19(2,3)16-11-24-17(20-16)14(18(21)22-4)10-12-5-6-15-13(9-12)7-8-23-15/h5-6,9-11H,7-8H2,1-4H3. The highest BCUT2D eigenvalue weighted by Crippen LogP contribution is 2.31. The molecule has 0 amide bonds. The van der Waals surface area contributed by atoms with Crippen LogP contribution in [0, 0.1) is 0 Å². The summed E-state index contributed by atoms with van der Waals surface area (Å²) in [4.78, 5) is 16.9. The average molecular weight is 343 g/mol. The first kappa shape index (κ1) is 16.7. The molecule has 0 saturated carbocycles. The van der Waals surface area contributed by atoms with Crippen LogP contribution in [0.2, 0.25) is 0 Å². The summed E-state index contributed by atoms with van der Waals surface area (Å²) in [6, 6.07) is 5.96. The van der Waals surface area contributed by atoms with Crippen LogP contribution >= 0.6 is 11.3 Å². The summed E-state index contributed by atoms with van der Waals surface area (Å²) in [5, 5.41) is 2.69. The van der Waals surface area contributed by atoms with Crippen molar-refractivity contribution in [1.29, 1.82) is 0 Å². The number of ether oxygens (including phenoxy) is 2. The first-order valence-electron chi connectivity index (χ1n) is 7.90. The van der Waals surface area contributed by atoms with Crippen LogP contribution < -0.4 is 4.74 Å². The molecule has 0 spiro atoms. The van der Waals surface area contributed by atoms with E-state index < -0.39 is 0 Å². The number of thiazole rings is 1. The van der Waals surface area contributed by atoms with Crippen LogP contribution in [0.25, 0.3) is 11.6 Å². The van der Waals surface area contributed by atoms with Gasteiger partial charge in [-0.05, 0) is 29.3 Å². The van der Waals surface area contributed by atoms with Crippen LogP contribution in [0.15, 0.2) is 23.6 Å². The fraction of sp³-hybridized carbons (Fsp3) is 0.368. The number of rotatable bonds is 3. The van der Waals surface area contributed by atoms with Gasteiger partial charge in [0.05, 0.1) is 25.0 Å². The Morgan fingerprint density at radius 1 is 1.38 bits per heavy atom. The number of methoxy groups -OCH3 is 1. The molecule has 0 bridgehead atoms. The molecule has 0 radical (unpaired) electrons. The number of carbonyl (C=O) groups is 1. The molecular weight excluding hydrogens is 322 g/mol. The molecule has 1 aromatic heterocycles. The highest BCUT2D eigenvalue weighted by atomic mass is 32.1. The van der Waals surface area contributed by atoms with Crippen LogP contribution in [0.5, 0.6) is 5.75 Å². The SMILES string of the molecule is COC(=O)C(=Cc1ccc2c(c1)CCO2)c1nc(C(C)(C)C)cs1. The van der Waals surface area contributed by atoms with Crippen molar-refractivity contribution in [1.82, 2.24) is 4.98 Å². The van der Waals surface area contributed by atoms with Crippen molar-refractivity contribution in [3.05, 3.63) is 45.4 Å². The maximum Gasteiger partial charge on any atom is 0.340 e. The monoisotopic (exact) mass is 343 g/mol. The molecule has 0 N–H and O–H groups in total. The average Bonchev–Trinajstić information content (AvgIpc) is 3.19. The fourth-order valence-corrected chi connectivity index (χ4v) is 3.57. The van der Waals surface area contributed by atoms with Gasteiger partial charge in [-0.3, -0.25) is 0 Å². The quantitative estimate of drug-likeness (QED) is 0.622. The molecule has 0 atom stereocenters. The van der Waals surface area contributed by atoms with E-state index in [1.807, 2.05) is 23.6 Å². The number of esters is 1. The van der Waals surface area contributed by atoms with Gasteiger partial charge >= 0.3 is 5.97 Å². The Bertz CT molecular complexity index is 799. The first-order valence-corrected chi connectivity index (χ1v) is 8.78. The van der Waals surface area contributed by atoms with Crippen molar-refractivity contribution in [2.24, 2.45) is 0 Å². The van der Waals surface area contributed by atoms with E-state index >= 15 is 0 Å². The van der Waals surface area contributed by atoms with Crippen molar-refractivity contribution >= 4 is 29.0 Å².